The fourth-order valence-corrected chi connectivity index (χ4v) is 3.20. The molecule has 4 nitrogen and oxygen atoms in total. The van der Waals surface area contributed by atoms with E-state index in [1.807, 2.05) is 30.3 Å². The van der Waals surface area contributed by atoms with Gasteiger partial charge in [0.1, 0.15) is 6.04 Å². The van der Waals surface area contributed by atoms with Crippen molar-refractivity contribution in [1.82, 2.24) is 5.32 Å². The number of thioether (sulfide) groups is 1. The van der Waals surface area contributed by atoms with Crippen LogP contribution >= 0.6 is 23.4 Å². The van der Waals surface area contributed by atoms with Crippen molar-refractivity contribution in [3.63, 3.8) is 0 Å². The second-order valence-corrected chi connectivity index (χ2v) is 6.39. The van der Waals surface area contributed by atoms with E-state index in [0.717, 1.165) is 4.90 Å². The van der Waals surface area contributed by atoms with E-state index < -0.39 is 11.9 Å². The third-order valence-electron chi connectivity index (χ3n) is 3.15. The van der Waals surface area contributed by atoms with Gasteiger partial charge in [0.25, 0.3) is 0 Å². The second-order valence-electron chi connectivity index (χ2n) is 4.84. The molecule has 0 spiro atoms. The maximum absolute atomic E-state index is 12.0. The van der Waals surface area contributed by atoms with Crippen LogP contribution in [0.25, 0.3) is 0 Å². The largest absolute Gasteiger partial charge is 0.368 e. The summed E-state index contributed by atoms with van der Waals surface area (Å²) in [5.74, 6) is -0.240. The number of amides is 2. The van der Waals surface area contributed by atoms with Crippen LogP contribution in [-0.2, 0) is 9.59 Å². The van der Waals surface area contributed by atoms with Gasteiger partial charge >= 0.3 is 0 Å². The number of carbonyl (C=O) groups is 2. The highest BCUT2D eigenvalue weighted by atomic mass is 35.5. The standard InChI is InChI=1S/C17H17ClN2O2S/c18-13-8-4-5-9-14(13)23-11-10-15(21)20-16(17(19)22)12-6-2-1-3-7-12/h1-9,16H,10-11H2,(H2,19,22)(H,20,21). The third-order valence-corrected chi connectivity index (χ3v) is 4.66. The van der Waals surface area contributed by atoms with Gasteiger partial charge in [-0.3, -0.25) is 9.59 Å². The average Bonchev–Trinajstić information content (AvgIpc) is 2.55. The zero-order valence-electron chi connectivity index (χ0n) is 12.4. The van der Waals surface area contributed by atoms with Crippen LogP contribution in [0, 0.1) is 0 Å². The van der Waals surface area contributed by atoms with E-state index in [2.05, 4.69) is 5.32 Å². The maximum atomic E-state index is 12.0. The quantitative estimate of drug-likeness (QED) is 0.755. The predicted octanol–water partition coefficient (Wildman–Crippen LogP) is 3.17. The first-order valence-electron chi connectivity index (χ1n) is 7.09. The molecule has 0 radical (unpaired) electrons. The van der Waals surface area contributed by atoms with Gasteiger partial charge < -0.3 is 11.1 Å². The summed E-state index contributed by atoms with van der Waals surface area (Å²) in [7, 11) is 0. The molecular weight excluding hydrogens is 332 g/mol. The Balaban J connectivity index is 1.88. The van der Waals surface area contributed by atoms with E-state index in [1.54, 1.807) is 24.3 Å². The Morgan fingerprint density at radius 2 is 1.74 bits per heavy atom. The summed E-state index contributed by atoms with van der Waals surface area (Å²) in [6.07, 6.45) is 0.270. The van der Waals surface area contributed by atoms with Crippen molar-refractivity contribution in [3.05, 3.63) is 65.2 Å². The number of nitrogens with two attached hydrogens (primary N) is 1. The summed E-state index contributed by atoms with van der Waals surface area (Å²) >= 11 is 7.56. The van der Waals surface area contributed by atoms with Crippen molar-refractivity contribution in [2.75, 3.05) is 5.75 Å². The Labute approximate surface area is 144 Å². The summed E-state index contributed by atoms with van der Waals surface area (Å²) in [4.78, 5) is 24.5. The van der Waals surface area contributed by atoms with Gasteiger partial charge in [0, 0.05) is 17.1 Å². The van der Waals surface area contributed by atoms with Gasteiger partial charge in [-0.2, -0.15) is 0 Å². The number of primary amides is 1. The van der Waals surface area contributed by atoms with Gasteiger partial charge in [-0.05, 0) is 17.7 Å². The molecule has 6 heteroatoms. The second kappa shape index (κ2) is 8.60. The molecule has 2 aromatic carbocycles. The number of hydrogen-bond acceptors (Lipinski definition) is 3. The summed E-state index contributed by atoms with van der Waals surface area (Å²) in [5, 5.41) is 3.34. The summed E-state index contributed by atoms with van der Waals surface area (Å²) in [6.45, 7) is 0. The number of nitrogens with one attached hydrogen (secondary N) is 1. The monoisotopic (exact) mass is 348 g/mol. The van der Waals surface area contributed by atoms with Gasteiger partial charge in [0.2, 0.25) is 11.8 Å². The van der Waals surface area contributed by atoms with Crippen LogP contribution in [0.15, 0.2) is 59.5 Å². The highest BCUT2D eigenvalue weighted by Crippen LogP contribution is 2.26. The molecule has 1 atom stereocenters. The highest BCUT2D eigenvalue weighted by molar-refractivity contribution is 7.99. The molecule has 0 bridgehead atoms. The Morgan fingerprint density at radius 3 is 2.39 bits per heavy atom. The van der Waals surface area contributed by atoms with E-state index in [1.165, 1.54) is 11.8 Å². The number of hydrogen-bond donors (Lipinski definition) is 2. The van der Waals surface area contributed by atoms with E-state index in [4.69, 9.17) is 17.3 Å². The van der Waals surface area contributed by atoms with Crippen LogP contribution < -0.4 is 11.1 Å². The maximum Gasteiger partial charge on any atom is 0.244 e. The fraction of sp³-hybridized carbons (Fsp3) is 0.176. The molecule has 23 heavy (non-hydrogen) atoms. The van der Waals surface area contributed by atoms with Gasteiger partial charge in [-0.25, -0.2) is 0 Å². The molecule has 2 aromatic rings. The molecule has 120 valence electrons. The molecule has 0 aromatic heterocycles. The molecule has 0 fully saturated rings. The normalized spacial score (nSPS) is 11.7. The molecule has 3 N–H and O–H groups in total. The minimum Gasteiger partial charge on any atom is -0.368 e. The van der Waals surface area contributed by atoms with Crippen LogP contribution in [0.1, 0.15) is 18.0 Å². The minimum absolute atomic E-state index is 0.225. The number of rotatable bonds is 7. The molecule has 0 aliphatic carbocycles. The Kier molecular flexibility index (Phi) is 6.50. The molecular formula is C17H17ClN2O2S. The van der Waals surface area contributed by atoms with Crippen LogP contribution in [-0.4, -0.2) is 17.6 Å². The van der Waals surface area contributed by atoms with Crippen molar-refractivity contribution in [2.24, 2.45) is 5.73 Å². The van der Waals surface area contributed by atoms with Crippen molar-refractivity contribution in [3.8, 4) is 0 Å². The van der Waals surface area contributed by atoms with Gasteiger partial charge in [0.05, 0.1) is 5.02 Å². The highest BCUT2D eigenvalue weighted by Gasteiger charge is 2.19. The predicted molar refractivity (Wildman–Crippen MR) is 93.3 cm³/mol. The Morgan fingerprint density at radius 1 is 1.09 bits per heavy atom. The number of carbonyl (C=O) groups excluding carboxylic acids is 2. The van der Waals surface area contributed by atoms with E-state index in [-0.39, 0.29) is 12.3 Å². The smallest absolute Gasteiger partial charge is 0.244 e. The first-order chi connectivity index (χ1) is 11.1. The Bertz CT molecular complexity index is 679. The summed E-state index contributed by atoms with van der Waals surface area (Å²) in [6, 6.07) is 15.6. The van der Waals surface area contributed by atoms with E-state index >= 15 is 0 Å². The van der Waals surface area contributed by atoms with E-state index in [0.29, 0.717) is 16.3 Å². The Hall–Kier alpha value is -1.98. The molecule has 0 aliphatic rings. The van der Waals surface area contributed by atoms with Crippen molar-refractivity contribution in [1.29, 1.82) is 0 Å². The van der Waals surface area contributed by atoms with Crippen LogP contribution in [0.2, 0.25) is 5.02 Å². The number of halogens is 1. The molecule has 0 heterocycles. The van der Waals surface area contributed by atoms with Crippen molar-refractivity contribution in [2.45, 2.75) is 17.4 Å². The van der Waals surface area contributed by atoms with Crippen LogP contribution in [0.4, 0.5) is 0 Å². The summed E-state index contributed by atoms with van der Waals surface area (Å²) < 4.78 is 0. The molecule has 0 aliphatic heterocycles. The first-order valence-corrected chi connectivity index (χ1v) is 8.45. The lowest BCUT2D eigenvalue weighted by Gasteiger charge is -2.15. The van der Waals surface area contributed by atoms with Crippen molar-refractivity contribution >= 4 is 35.2 Å². The minimum atomic E-state index is -0.811. The lowest BCUT2D eigenvalue weighted by atomic mass is 10.1. The molecule has 0 saturated heterocycles. The molecule has 2 rings (SSSR count). The zero-order valence-corrected chi connectivity index (χ0v) is 13.9. The molecule has 1 unspecified atom stereocenters. The van der Waals surface area contributed by atoms with Gasteiger partial charge in [-0.15, -0.1) is 11.8 Å². The SMILES string of the molecule is NC(=O)C(NC(=O)CCSc1ccccc1Cl)c1ccccc1. The lowest BCUT2D eigenvalue weighted by Crippen LogP contribution is -2.37. The molecule has 2 amide bonds. The number of benzene rings is 2. The zero-order chi connectivity index (χ0) is 16.7. The topological polar surface area (TPSA) is 72.2 Å². The lowest BCUT2D eigenvalue weighted by molar-refractivity contribution is -0.127. The third kappa shape index (κ3) is 5.30. The van der Waals surface area contributed by atoms with Gasteiger partial charge in [-0.1, -0.05) is 54.1 Å². The summed E-state index contributed by atoms with van der Waals surface area (Å²) in [5.41, 5.74) is 6.05. The first kappa shape index (κ1) is 17.4. The molecule has 0 saturated carbocycles. The van der Waals surface area contributed by atoms with Crippen molar-refractivity contribution < 1.29 is 9.59 Å². The van der Waals surface area contributed by atoms with Gasteiger partial charge in [0.15, 0.2) is 0 Å². The van der Waals surface area contributed by atoms with Crippen LogP contribution in [0.3, 0.4) is 0 Å². The fourth-order valence-electron chi connectivity index (χ4n) is 2.01. The van der Waals surface area contributed by atoms with Crippen LogP contribution in [0.5, 0.6) is 0 Å². The average molecular weight is 349 g/mol. The van der Waals surface area contributed by atoms with E-state index in [9.17, 15) is 9.59 Å².